The number of ether oxygens (including phenoxy) is 4. The maximum absolute atomic E-state index is 15.1. The van der Waals surface area contributed by atoms with Gasteiger partial charge in [0.05, 0.1) is 74.4 Å². The molecule has 6 aliphatic rings. The van der Waals surface area contributed by atoms with Gasteiger partial charge in [-0.25, -0.2) is 21.6 Å². The maximum Gasteiger partial charge on any atom is 1.00 e. The third-order valence-corrected chi connectivity index (χ3v) is 20.2. The molecule has 4 saturated heterocycles. The molecule has 1 unspecified atom stereocenters. The molecule has 2 aromatic rings. The van der Waals surface area contributed by atoms with Crippen LogP contribution in [0.1, 0.15) is 65.7 Å². The monoisotopic (exact) mass is 1170 g/mol. The van der Waals surface area contributed by atoms with E-state index in [-0.39, 0.29) is 207 Å². The molecule has 4 fully saturated rings. The first kappa shape index (κ1) is 62.0. The van der Waals surface area contributed by atoms with Gasteiger partial charge < -0.3 is 57.9 Å². The second kappa shape index (κ2) is 25.1. The van der Waals surface area contributed by atoms with E-state index in [1.807, 2.05) is 0 Å². The molecule has 2 N–H and O–H groups in total. The number of rotatable bonds is 21. The van der Waals surface area contributed by atoms with Crippen LogP contribution in [0.25, 0.3) is 0 Å². The molecule has 5 atom stereocenters. The van der Waals surface area contributed by atoms with Crippen molar-refractivity contribution in [2.75, 3.05) is 81.9 Å². The van der Waals surface area contributed by atoms with Gasteiger partial charge in [0.2, 0.25) is 11.8 Å². The number of hydrogen-bond acceptors (Lipinski definition) is 22. The largest absolute Gasteiger partial charge is 1.00 e. The van der Waals surface area contributed by atoms with Gasteiger partial charge in [-0.15, -0.1) is 16.8 Å². The number of thioether (sulfide) groups is 1. The summed E-state index contributed by atoms with van der Waals surface area (Å²) in [5.41, 5.74) is 1.08. The number of likely N-dealkylation sites (tertiary alicyclic amines) is 1. The van der Waals surface area contributed by atoms with E-state index >= 15 is 4.57 Å². The van der Waals surface area contributed by atoms with Crippen molar-refractivity contribution in [3.05, 3.63) is 59.7 Å². The quantitative estimate of drug-likeness (QED) is 0.0395. The molecule has 6 heterocycles. The smallest absolute Gasteiger partial charge is 0.746 e. The first-order valence-electron chi connectivity index (χ1n) is 23.6. The zero-order valence-corrected chi connectivity index (χ0v) is 50.0. The van der Waals surface area contributed by atoms with E-state index in [9.17, 15) is 59.5 Å². The Labute approximate surface area is 492 Å². The van der Waals surface area contributed by atoms with Crippen LogP contribution in [0, 0.1) is 0 Å². The van der Waals surface area contributed by atoms with Crippen LogP contribution in [-0.4, -0.2) is 187 Å². The van der Waals surface area contributed by atoms with Gasteiger partial charge in [-0.05, 0) is 31.4 Å². The minimum Gasteiger partial charge on any atom is -0.746 e. The Balaban J connectivity index is 0.00000480. The predicted molar refractivity (Wildman–Crippen MR) is 265 cm³/mol. The first-order valence-corrected chi connectivity index (χ1v) is 29.8. The van der Waals surface area contributed by atoms with Gasteiger partial charge in [0, 0.05) is 81.7 Å². The number of benzene rings is 2. The topological polar surface area (TPSA) is 334 Å². The molecule has 8 rings (SSSR count). The molecule has 0 bridgehead atoms. The van der Waals surface area contributed by atoms with Crippen molar-refractivity contribution in [2.45, 2.75) is 73.0 Å². The Bertz CT molecular complexity index is 2900. The van der Waals surface area contributed by atoms with E-state index in [1.54, 1.807) is 0 Å². The van der Waals surface area contributed by atoms with E-state index in [0.29, 0.717) is 16.2 Å². The number of hydrogen-bond donors (Lipinski definition) is 2. The van der Waals surface area contributed by atoms with Crippen LogP contribution in [0.15, 0.2) is 48.6 Å². The molecular formula is C46H53N6Na2O19PS3. The summed E-state index contributed by atoms with van der Waals surface area (Å²) in [5.74, 6) is -4.19. The molecule has 31 heteroatoms. The van der Waals surface area contributed by atoms with Crippen molar-refractivity contribution in [3.63, 3.8) is 0 Å². The molecule has 0 spiro atoms. The van der Waals surface area contributed by atoms with E-state index in [1.165, 1.54) is 48.3 Å². The van der Waals surface area contributed by atoms with E-state index in [2.05, 4.69) is 23.8 Å². The SMILES string of the molecule is C=C1C[C@H]2[C@H](S(=O)(=O)[O-])Nc3cc(OCCP(=O)(CCOc4cc5c(cc4OC)C(=O)N4CC(=C)C[C@H]4[C@H](S(=O)(=O)[O-])N5)CCSC4CC(=O)N(CCCC(=O)ON5C(=O)CCC5=O)C4=O)c(OC)cc3C(=O)N2C1.[Na+].[Na+]. The summed E-state index contributed by atoms with van der Waals surface area (Å²) in [6.45, 7) is 7.14. The minimum atomic E-state index is -5.02. The molecule has 0 aliphatic carbocycles. The van der Waals surface area contributed by atoms with Gasteiger partial charge in [-0.1, -0.05) is 24.3 Å². The van der Waals surface area contributed by atoms with Gasteiger partial charge in [0.25, 0.3) is 23.6 Å². The molecular weight excluding hydrogens is 1110 g/mol. The summed E-state index contributed by atoms with van der Waals surface area (Å²) in [4.78, 5) is 98.3. The van der Waals surface area contributed by atoms with Crippen molar-refractivity contribution in [1.29, 1.82) is 0 Å². The summed E-state index contributed by atoms with van der Waals surface area (Å²) >= 11 is 1.09. The standard InChI is InChI=1S/C46H55N6O19PS3.2Na/c1-25-16-31-42(74(61,62)63)47-29-20-35(33(67-3)18-27(29)44(57)50(31)23-25)69-10-12-72(60,14-15-73-37-22-40(55)49(46(37)59)9-5-6-41(56)71-52-38(53)7-8-39(52)54)13-11-70-36-21-30-28(19-34(36)68-4)45(58)51-24-26(2)17-32(51)43(48-30)75(64,65)66;;/h18-21,31-32,37,42-43,47-48H,1-2,5-17,22-24H2,3-4H3,(H,61,62,63)(H,64,65,66);;/q;2*+1/p-2/t31-,32-,37?,42-,43-;;/m0../s1. The number of methoxy groups -OCH3 is 2. The average molecular weight is 1170 g/mol. The van der Waals surface area contributed by atoms with Gasteiger partial charge >= 0.3 is 65.1 Å². The Morgan fingerprint density at radius 2 is 1.18 bits per heavy atom. The van der Waals surface area contributed by atoms with Crippen LogP contribution >= 0.6 is 18.9 Å². The average Bonchev–Trinajstić information content (AvgIpc) is 4.05. The zero-order chi connectivity index (χ0) is 54.3. The summed E-state index contributed by atoms with van der Waals surface area (Å²) in [6, 6.07) is 3.22. The normalized spacial score (nSPS) is 22.2. The van der Waals surface area contributed by atoms with Gasteiger partial charge in [-0.2, -0.15) is 0 Å². The summed E-state index contributed by atoms with van der Waals surface area (Å²) in [5, 5.41) is 1.52. The number of nitrogens with zero attached hydrogens (tertiary/aromatic N) is 4. The van der Waals surface area contributed by atoms with E-state index in [4.69, 9.17) is 23.8 Å². The Kier molecular flexibility index (Phi) is 20.2. The summed E-state index contributed by atoms with van der Waals surface area (Å²) in [7, 11) is -10.9. The number of carbonyl (C=O) groups excluding carboxylic acids is 7. The van der Waals surface area contributed by atoms with Crippen LogP contribution < -0.4 is 88.7 Å². The first-order chi connectivity index (χ1) is 35.4. The summed E-state index contributed by atoms with van der Waals surface area (Å²) in [6.07, 6.45) is -0.838. The number of nitrogens with one attached hydrogen (secondary N) is 2. The molecule has 6 aliphatic heterocycles. The van der Waals surface area contributed by atoms with Crippen molar-refractivity contribution in [1.82, 2.24) is 19.8 Å². The molecule has 0 radical (unpaired) electrons. The van der Waals surface area contributed by atoms with Crippen LogP contribution in [0.5, 0.6) is 23.0 Å². The van der Waals surface area contributed by atoms with Crippen LogP contribution in [0.2, 0.25) is 0 Å². The summed E-state index contributed by atoms with van der Waals surface area (Å²) < 4.78 is 114. The Hall–Kier alpha value is -4.19. The fourth-order valence-corrected chi connectivity index (χ4v) is 15.7. The molecule has 77 heavy (non-hydrogen) atoms. The predicted octanol–water partition coefficient (Wildman–Crippen LogP) is -4.08. The molecule has 2 aromatic carbocycles. The fourth-order valence-electron chi connectivity index (χ4n) is 9.78. The molecule has 0 saturated carbocycles. The van der Waals surface area contributed by atoms with Crippen molar-refractivity contribution in [2.24, 2.45) is 0 Å². The number of carbonyl (C=O) groups is 7. The van der Waals surface area contributed by atoms with Gasteiger partial charge in [0.15, 0.2) is 23.0 Å². The fraction of sp³-hybridized carbons (Fsp3) is 0.500. The van der Waals surface area contributed by atoms with Crippen molar-refractivity contribution in [3.8, 4) is 23.0 Å². The number of anilines is 2. The van der Waals surface area contributed by atoms with Gasteiger partial charge in [0.1, 0.15) is 31.0 Å². The van der Waals surface area contributed by atoms with Crippen molar-refractivity contribution >= 4 is 91.9 Å². The van der Waals surface area contributed by atoms with Crippen LogP contribution in [0.3, 0.4) is 0 Å². The second-order valence-electron chi connectivity index (χ2n) is 18.6. The minimum absolute atomic E-state index is 0. The van der Waals surface area contributed by atoms with Crippen molar-refractivity contribution < 1.29 is 147 Å². The Morgan fingerprint density at radius 3 is 1.62 bits per heavy atom. The van der Waals surface area contributed by atoms with E-state index in [0.717, 1.165) is 16.7 Å². The molecule has 0 aromatic heterocycles. The number of hydroxylamine groups is 2. The van der Waals surface area contributed by atoms with Crippen LogP contribution in [0.4, 0.5) is 11.4 Å². The number of fused-ring (bicyclic) bond motifs is 4. The van der Waals surface area contributed by atoms with E-state index < -0.39 is 96.9 Å². The molecule has 25 nitrogen and oxygen atoms in total. The number of imide groups is 2. The second-order valence-corrected chi connectivity index (χ2v) is 26.4. The molecule has 6 amide bonds. The zero-order valence-electron chi connectivity index (χ0n) is 42.6. The number of amides is 6. The maximum atomic E-state index is 15.1. The van der Waals surface area contributed by atoms with Crippen LogP contribution in [-0.2, 0) is 53.6 Å². The third-order valence-electron chi connectivity index (χ3n) is 13.6. The molecule has 406 valence electrons. The van der Waals surface area contributed by atoms with Gasteiger partial charge in [-0.3, -0.25) is 33.7 Å². The third kappa shape index (κ3) is 13.7. The Morgan fingerprint density at radius 1 is 0.714 bits per heavy atom.